The van der Waals surface area contributed by atoms with Gasteiger partial charge in [0.25, 0.3) is 0 Å². The molecule has 1 amide bonds. The number of rotatable bonds is 8. The summed E-state index contributed by atoms with van der Waals surface area (Å²) in [5, 5.41) is 2.76. The van der Waals surface area contributed by atoms with Crippen molar-refractivity contribution in [1.29, 1.82) is 0 Å². The molecular weight excluding hydrogens is 338 g/mol. The molecule has 0 heterocycles. The zero-order chi connectivity index (χ0) is 16.8. The SMILES string of the molecule is CCS(=O)(=O)N(C)CCCNC(=O)C(C)(N)c1ccccc1.Cl. The van der Waals surface area contributed by atoms with E-state index in [9.17, 15) is 13.2 Å². The quantitative estimate of drug-likeness (QED) is 0.676. The van der Waals surface area contributed by atoms with E-state index in [1.807, 2.05) is 18.2 Å². The van der Waals surface area contributed by atoms with Gasteiger partial charge in [0.05, 0.1) is 5.75 Å². The van der Waals surface area contributed by atoms with E-state index in [2.05, 4.69) is 5.32 Å². The molecule has 0 saturated carbocycles. The molecule has 6 nitrogen and oxygen atoms in total. The van der Waals surface area contributed by atoms with Gasteiger partial charge in [-0.1, -0.05) is 30.3 Å². The molecule has 1 unspecified atom stereocenters. The van der Waals surface area contributed by atoms with Crippen LogP contribution in [0.15, 0.2) is 30.3 Å². The molecule has 0 spiro atoms. The van der Waals surface area contributed by atoms with E-state index in [0.717, 1.165) is 5.56 Å². The first-order valence-electron chi connectivity index (χ1n) is 7.28. The minimum absolute atomic E-state index is 0. The topological polar surface area (TPSA) is 92.5 Å². The number of sulfonamides is 1. The Morgan fingerprint density at radius 1 is 1.30 bits per heavy atom. The summed E-state index contributed by atoms with van der Waals surface area (Å²) in [4.78, 5) is 12.2. The van der Waals surface area contributed by atoms with Crippen molar-refractivity contribution in [2.24, 2.45) is 5.73 Å². The molecule has 0 aliphatic carbocycles. The zero-order valence-corrected chi connectivity index (χ0v) is 15.4. The van der Waals surface area contributed by atoms with Crippen LogP contribution in [0, 0.1) is 0 Å². The number of hydrogen-bond donors (Lipinski definition) is 2. The first-order chi connectivity index (χ1) is 10.2. The van der Waals surface area contributed by atoms with E-state index < -0.39 is 15.6 Å². The average molecular weight is 364 g/mol. The first kappa shape index (κ1) is 21.9. The van der Waals surface area contributed by atoms with Crippen molar-refractivity contribution in [3.8, 4) is 0 Å². The first-order valence-corrected chi connectivity index (χ1v) is 8.89. The Morgan fingerprint density at radius 2 is 1.87 bits per heavy atom. The number of halogens is 1. The third-order valence-electron chi connectivity index (χ3n) is 3.62. The fourth-order valence-corrected chi connectivity index (χ4v) is 2.81. The van der Waals surface area contributed by atoms with Crippen molar-refractivity contribution >= 4 is 28.3 Å². The van der Waals surface area contributed by atoms with E-state index in [1.165, 1.54) is 11.4 Å². The molecule has 132 valence electrons. The standard InChI is InChI=1S/C15H25N3O3S.ClH/c1-4-22(20,21)18(3)12-8-11-17-14(19)15(2,16)13-9-6-5-7-10-13;/h5-7,9-10H,4,8,11-12,16H2,1-3H3,(H,17,19);1H. The Kier molecular flexibility index (Phi) is 8.76. The second-order valence-corrected chi connectivity index (χ2v) is 7.76. The van der Waals surface area contributed by atoms with Crippen LogP contribution in [0.2, 0.25) is 0 Å². The highest BCUT2D eigenvalue weighted by atomic mass is 35.5. The van der Waals surface area contributed by atoms with Crippen molar-refractivity contribution in [3.63, 3.8) is 0 Å². The molecule has 1 atom stereocenters. The molecule has 0 fully saturated rings. The molecule has 0 radical (unpaired) electrons. The molecule has 8 heteroatoms. The lowest BCUT2D eigenvalue weighted by Gasteiger charge is -2.24. The van der Waals surface area contributed by atoms with Gasteiger partial charge in [0, 0.05) is 20.1 Å². The molecule has 0 aromatic heterocycles. The van der Waals surface area contributed by atoms with Crippen molar-refractivity contribution in [2.45, 2.75) is 25.8 Å². The fraction of sp³-hybridized carbons (Fsp3) is 0.533. The van der Waals surface area contributed by atoms with Crippen LogP contribution in [0.25, 0.3) is 0 Å². The third kappa shape index (κ3) is 6.10. The summed E-state index contributed by atoms with van der Waals surface area (Å²) in [7, 11) is -1.64. The predicted octanol–water partition coefficient (Wildman–Crippen LogP) is 1.07. The van der Waals surface area contributed by atoms with E-state index >= 15 is 0 Å². The number of nitrogens with two attached hydrogens (primary N) is 1. The Labute approximate surface area is 144 Å². The largest absolute Gasteiger partial charge is 0.354 e. The van der Waals surface area contributed by atoms with Gasteiger partial charge in [0.2, 0.25) is 15.9 Å². The molecule has 3 N–H and O–H groups in total. The summed E-state index contributed by atoms with van der Waals surface area (Å²) in [5.74, 6) is -0.204. The van der Waals surface area contributed by atoms with Gasteiger partial charge in [0.1, 0.15) is 5.54 Å². The number of benzene rings is 1. The monoisotopic (exact) mass is 363 g/mol. The number of amides is 1. The number of nitrogens with zero attached hydrogens (tertiary/aromatic N) is 1. The summed E-state index contributed by atoms with van der Waals surface area (Å²) in [6.45, 7) is 4.00. The van der Waals surface area contributed by atoms with Crippen LogP contribution in [0.3, 0.4) is 0 Å². The summed E-state index contributed by atoms with van der Waals surface area (Å²) in [5.41, 5.74) is 5.72. The second-order valence-electron chi connectivity index (χ2n) is 5.40. The summed E-state index contributed by atoms with van der Waals surface area (Å²) >= 11 is 0. The van der Waals surface area contributed by atoms with Crippen LogP contribution in [-0.4, -0.2) is 44.5 Å². The van der Waals surface area contributed by atoms with E-state index in [-0.39, 0.29) is 24.1 Å². The maximum Gasteiger partial charge on any atom is 0.244 e. The molecular formula is C15H26ClN3O3S. The van der Waals surface area contributed by atoms with Crippen LogP contribution in [0.1, 0.15) is 25.8 Å². The van der Waals surface area contributed by atoms with E-state index in [0.29, 0.717) is 19.5 Å². The normalized spacial score (nSPS) is 14.0. The second kappa shape index (κ2) is 9.22. The Balaban J connectivity index is 0.00000484. The molecule has 0 saturated heterocycles. The fourth-order valence-electron chi connectivity index (χ4n) is 1.96. The molecule has 1 rings (SSSR count). The Bertz CT molecular complexity index is 591. The summed E-state index contributed by atoms with van der Waals surface area (Å²) < 4.78 is 24.5. The lowest BCUT2D eigenvalue weighted by atomic mass is 9.92. The number of carbonyl (C=O) groups is 1. The van der Waals surface area contributed by atoms with Gasteiger partial charge >= 0.3 is 0 Å². The maximum atomic E-state index is 12.2. The summed E-state index contributed by atoms with van der Waals surface area (Å²) in [6.07, 6.45) is 0.534. The van der Waals surface area contributed by atoms with Gasteiger partial charge in [-0.25, -0.2) is 12.7 Å². The Hall–Kier alpha value is -1.15. The predicted molar refractivity (Wildman–Crippen MR) is 94.9 cm³/mol. The minimum atomic E-state index is -3.17. The molecule has 1 aromatic carbocycles. The molecule has 0 bridgehead atoms. The van der Waals surface area contributed by atoms with Crippen LogP contribution in [0.4, 0.5) is 0 Å². The van der Waals surface area contributed by atoms with E-state index in [1.54, 1.807) is 26.0 Å². The van der Waals surface area contributed by atoms with Gasteiger partial charge in [0.15, 0.2) is 0 Å². The number of hydrogen-bond acceptors (Lipinski definition) is 4. The van der Waals surface area contributed by atoms with Crippen LogP contribution < -0.4 is 11.1 Å². The lowest BCUT2D eigenvalue weighted by molar-refractivity contribution is -0.126. The maximum absolute atomic E-state index is 12.2. The third-order valence-corrected chi connectivity index (χ3v) is 5.48. The zero-order valence-electron chi connectivity index (χ0n) is 13.8. The van der Waals surface area contributed by atoms with Crippen molar-refractivity contribution < 1.29 is 13.2 Å². The van der Waals surface area contributed by atoms with Gasteiger partial charge in [-0.05, 0) is 25.8 Å². The molecule has 23 heavy (non-hydrogen) atoms. The molecule has 0 aliphatic heterocycles. The van der Waals surface area contributed by atoms with Crippen LogP contribution in [-0.2, 0) is 20.4 Å². The van der Waals surface area contributed by atoms with Crippen molar-refractivity contribution in [1.82, 2.24) is 9.62 Å². The average Bonchev–Trinajstić information content (AvgIpc) is 2.51. The summed E-state index contributed by atoms with van der Waals surface area (Å²) in [6, 6.07) is 9.14. The van der Waals surface area contributed by atoms with Gasteiger partial charge in [-0.2, -0.15) is 0 Å². The highest BCUT2D eigenvalue weighted by Crippen LogP contribution is 2.17. The van der Waals surface area contributed by atoms with Gasteiger partial charge < -0.3 is 11.1 Å². The highest BCUT2D eigenvalue weighted by molar-refractivity contribution is 7.89. The van der Waals surface area contributed by atoms with E-state index in [4.69, 9.17) is 5.73 Å². The Morgan fingerprint density at radius 3 is 2.39 bits per heavy atom. The van der Waals surface area contributed by atoms with Crippen LogP contribution >= 0.6 is 12.4 Å². The van der Waals surface area contributed by atoms with Gasteiger partial charge in [-0.15, -0.1) is 12.4 Å². The minimum Gasteiger partial charge on any atom is -0.354 e. The smallest absolute Gasteiger partial charge is 0.244 e. The van der Waals surface area contributed by atoms with Gasteiger partial charge in [-0.3, -0.25) is 4.79 Å². The molecule has 1 aromatic rings. The number of carbonyl (C=O) groups excluding carboxylic acids is 1. The molecule has 0 aliphatic rings. The lowest BCUT2D eigenvalue weighted by Crippen LogP contribution is -2.49. The number of nitrogens with one attached hydrogen (secondary N) is 1. The van der Waals surface area contributed by atoms with Crippen molar-refractivity contribution in [3.05, 3.63) is 35.9 Å². The van der Waals surface area contributed by atoms with Crippen molar-refractivity contribution in [2.75, 3.05) is 25.9 Å². The van der Waals surface area contributed by atoms with Crippen LogP contribution in [0.5, 0.6) is 0 Å². The highest BCUT2D eigenvalue weighted by Gasteiger charge is 2.29.